The minimum Gasteiger partial charge on any atom is -0.209 e. The first-order chi connectivity index (χ1) is 10.2. The van der Waals surface area contributed by atoms with E-state index in [-0.39, 0.29) is 5.92 Å². The molecule has 0 unspecified atom stereocenters. The van der Waals surface area contributed by atoms with Gasteiger partial charge in [-0.2, -0.15) is 0 Å². The molecule has 0 radical (unpaired) electrons. The molecule has 0 saturated carbocycles. The summed E-state index contributed by atoms with van der Waals surface area (Å²) in [6.45, 7) is 6.42. The topological polar surface area (TPSA) is 0 Å². The van der Waals surface area contributed by atoms with Crippen LogP contribution < -0.4 is 0 Å². The van der Waals surface area contributed by atoms with Crippen molar-refractivity contribution < 1.29 is 8.78 Å². The van der Waals surface area contributed by atoms with E-state index in [1.165, 1.54) is 49.3 Å². The monoisotopic (exact) mass is 340 g/mol. The highest BCUT2D eigenvalue weighted by atomic mass is 33.1. The van der Waals surface area contributed by atoms with Gasteiger partial charge >= 0.3 is 0 Å². The predicted molar refractivity (Wildman–Crippen MR) is 96.5 cm³/mol. The zero-order chi connectivity index (χ0) is 15.9. The van der Waals surface area contributed by atoms with E-state index in [0.717, 1.165) is 31.4 Å². The first-order valence-electron chi connectivity index (χ1n) is 8.73. The highest BCUT2D eigenvalue weighted by Crippen LogP contribution is 2.39. The van der Waals surface area contributed by atoms with E-state index in [9.17, 15) is 8.78 Å². The molecule has 0 aromatic heterocycles. The van der Waals surface area contributed by atoms with E-state index in [0.29, 0.717) is 0 Å². The van der Waals surface area contributed by atoms with Crippen LogP contribution in [0.15, 0.2) is 0 Å². The fourth-order valence-corrected chi connectivity index (χ4v) is 5.02. The van der Waals surface area contributed by atoms with Gasteiger partial charge in [0, 0.05) is 5.75 Å². The van der Waals surface area contributed by atoms with Crippen molar-refractivity contribution in [3.05, 3.63) is 0 Å². The zero-order valence-corrected chi connectivity index (χ0v) is 15.7. The SMILES string of the molecule is CCCCCCC(CCCCCC)[C@H](SSCC)C(F)F. The van der Waals surface area contributed by atoms with E-state index in [4.69, 9.17) is 0 Å². The molecule has 0 rings (SSSR count). The quantitative estimate of drug-likeness (QED) is 0.222. The number of rotatable bonds is 15. The van der Waals surface area contributed by atoms with Gasteiger partial charge in [0.2, 0.25) is 0 Å². The number of alkyl halides is 2. The van der Waals surface area contributed by atoms with Gasteiger partial charge in [-0.1, -0.05) is 93.7 Å². The highest BCUT2D eigenvalue weighted by Gasteiger charge is 2.29. The van der Waals surface area contributed by atoms with Crippen LogP contribution in [0, 0.1) is 5.92 Å². The smallest absolute Gasteiger partial charge is 0.209 e. The minimum absolute atomic E-state index is 0.197. The van der Waals surface area contributed by atoms with Crippen molar-refractivity contribution in [3.63, 3.8) is 0 Å². The third-order valence-corrected chi connectivity index (χ3v) is 6.83. The second kappa shape index (κ2) is 15.5. The third-order valence-electron chi connectivity index (χ3n) is 3.87. The molecule has 0 aromatic rings. The van der Waals surface area contributed by atoms with Gasteiger partial charge in [-0.3, -0.25) is 0 Å². The summed E-state index contributed by atoms with van der Waals surface area (Å²) in [5.41, 5.74) is 0. The van der Waals surface area contributed by atoms with Crippen LogP contribution in [0.25, 0.3) is 0 Å². The molecule has 0 fully saturated rings. The number of hydrogen-bond acceptors (Lipinski definition) is 2. The summed E-state index contributed by atoms with van der Waals surface area (Å²) in [6.07, 6.45) is 9.30. The number of hydrogen-bond donors (Lipinski definition) is 0. The van der Waals surface area contributed by atoms with E-state index in [1.54, 1.807) is 10.8 Å². The summed E-state index contributed by atoms with van der Waals surface area (Å²) in [6, 6.07) is 0. The standard InChI is InChI=1S/C17H34F2S2/c1-4-7-9-11-13-15(14-12-10-8-5-2)16(17(18)19)21-20-6-3/h15-17H,4-14H2,1-3H3/t16-/m0/s1. The van der Waals surface area contributed by atoms with Crippen molar-refractivity contribution in [1.29, 1.82) is 0 Å². The first kappa shape index (κ1) is 21.6. The Morgan fingerprint density at radius 1 is 0.762 bits per heavy atom. The van der Waals surface area contributed by atoms with Gasteiger partial charge in [-0.05, 0) is 18.8 Å². The average molecular weight is 341 g/mol. The fourth-order valence-electron chi connectivity index (χ4n) is 2.61. The highest BCUT2D eigenvalue weighted by molar-refractivity contribution is 8.76. The molecule has 0 aliphatic rings. The summed E-state index contributed by atoms with van der Waals surface area (Å²) in [4.78, 5) is 0. The summed E-state index contributed by atoms with van der Waals surface area (Å²) in [5, 5.41) is -0.474. The van der Waals surface area contributed by atoms with Crippen LogP contribution in [0.2, 0.25) is 0 Å². The molecular weight excluding hydrogens is 306 g/mol. The van der Waals surface area contributed by atoms with E-state index in [1.807, 2.05) is 6.92 Å². The van der Waals surface area contributed by atoms with Crippen LogP contribution in [-0.2, 0) is 0 Å². The van der Waals surface area contributed by atoms with Gasteiger partial charge in [-0.15, -0.1) is 0 Å². The molecule has 4 heteroatoms. The lowest BCUT2D eigenvalue weighted by molar-refractivity contribution is 0.117. The Morgan fingerprint density at radius 3 is 1.67 bits per heavy atom. The largest absolute Gasteiger partial charge is 0.251 e. The molecule has 0 spiro atoms. The van der Waals surface area contributed by atoms with E-state index >= 15 is 0 Å². The number of halogens is 2. The van der Waals surface area contributed by atoms with Gasteiger partial charge < -0.3 is 0 Å². The van der Waals surface area contributed by atoms with Crippen molar-refractivity contribution in [2.75, 3.05) is 5.75 Å². The van der Waals surface area contributed by atoms with Gasteiger partial charge in [0.1, 0.15) is 0 Å². The molecule has 0 bridgehead atoms. The minimum atomic E-state index is -2.18. The van der Waals surface area contributed by atoms with Gasteiger partial charge in [0.05, 0.1) is 5.25 Å². The summed E-state index contributed by atoms with van der Waals surface area (Å²) in [5.74, 6) is 1.11. The Hall–Kier alpha value is 0.560. The summed E-state index contributed by atoms with van der Waals surface area (Å²) >= 11 is 0. The normalized spacial score (nSPS) is 13.3. The maximum absolute atomic E-state index is 13.4. The molecule has 0 heterocycles. The molecule has 0 aromatic carbocycles. The molecule has 128 valence electrons. The molecule has 0 aliphatic heterocycles. The van der Waals surface area contributed by atoms with Gasteiger partial charge in [0.15, 0.2) is 0 Å². The maximum atomic E-state index is 13.4. The van der Waals surface area contributed by atoms with E-state index < -0.39 is 11.7 Å². The van der Waals surface area contributed by atoms with Crippen LogP contribution in [0.3, 0.4) is 0 Å². The van der Waals surface area contributed by atoms with Gasteiger partial charge in [0.25, 0.3) is 6.43 Å². The molecule has 21 heavy (non-hydrogen) atoms. The van der Waals surface area contributed by atoms with Crippen molar-refractivity contribution >= 4 is 21.6 Å². The number of unbranched alkanes of at least 4 members (excludes halogenated alkanes) is 6. The molecule has 0 saturated heterocycles. The van der Waals surface area contributed by atoms with Crippen LogP contribution in [0.1, 0.15) is 85.0 Å². The Morgan fingerprint density at radius 2 is 1.29 bits per heavy atom. The molecule has 0 amide bonds. The van der Waals surface area contributed by atoms with Crippen molar-refractivity contribution in [2.45, 2.75) is 96.7 Å². The van der Waals surface area contributed by atoms with Crippen LogP contribution in [-0.4, -0.2) is 17.4 Å². The lowest BCUT2D eigenvalue weighted by Gasteiger charge is -2.26. The lowest BCUT2D eigenvalue weighted by Crippen LogP contribution is -2.24. The third kappa shape index (κ3) is 11.7. The summed E-state index contributed by atoms with van der Waals surface area (Å²) < 4.78 is 26.8. The van der Waals surface area contributed by atoms with Crippen molar-refractivity contribution in [2.24, 2.45) is 5.92 Å². The van der Waals surface area contributed by atoms with Crippen LogP contribution in [0.4, 0.5) is 8.78 Å². The summed E-state index contributed by atoms with van der Waals surface area (Å²) in [7, 11) is 3.03. The molecule has 1 atom stereocenters. The Labute approximate surface area is 139 Å². The van der Waals surface area contributed by atoms with E-state index in [2.05, 4.69) is 13.8 Å². The Bertz CT molecular complexity index is 201. The predicted octanol–water partition coefficient (Wildman–Crippen LogP) is 7.58. The first-order valence-corrected chi connectivity index (χ1v) is 11.1. The second-order valence-corrected chi connectivity index (χ2v) is 8.59. The second-order valence-electron chi connectivity index (χ2n) is 5.76. The zero-order valence-electron chi connectivity index (χ0n) is 14.1. The average Bonchev–Trinajstić information content (AvgIpc) is 2.47. The molecular formula is C17H34F2S2. The van der Waals surface area contributed by atoms with Crippen molar-refractivity contribution in [3.8, 4) is 0 Å². The van der Waals surface area contributed by atoms with Crippen LogP contribution in [0.5, 0.6) is 0 Å². The molecule has 0 nitrogen and oxygen atoms in total. The Balaban J connectivity index is 4.33. The van der Waals surface area contributed by atoms with Gasteiger partial charge in [-0.25, -0.2) is 8.78 Å². The molecule has 0 N–H and O–H groups in total. The molecule has 0 aliphatic carbocycles. The Kier molecular flexibility index (Phi) is 15.9. The fraction of sp³-hybridized carbons (Fsp3) is 1.00. The maximum Gasteiger partial charge on any atom is 0.251 e. The van der Waals surface area contributed by atoms with Crippen LogP contribution >= 0.6 is 21.6 Å². The lowest BCUT2D eigenvalue weighted by atomic mass is 9.91. The van der Waals surface area contributed by atoms with Crippen molar-refractivity contribution in [1.82, 2.24) is 0 Å².